The summed E-state index contributed by atoms with van der Waals surface area (Å²) in [5.41, 5.74) is 5.40. The predicted octanol–water partition coefficient (Wildman–Crippen LogP) is 5.53. The zero-order valence-electron chi connectivity index (χ0n) is 16.2. The Morgan fingerprint density at radius 2 is 1.86 bits per heavy atom. The lowest BCUT2D eigenvalue weighted by Crippen LogP contribution is -1.99. The van der Waals surface area contributed by atoms with Crippen molar-refractivity contribution in [2.75, 3.05) is 0 Å². The van der Waals surface area contributed by atoms with Gasteiger partial charge in [0.25, 0.3) is 0 Å². The second kappa shape index (κ2) is 8.02. The van der Waals surface area contributed by atoms with Crippen molar-refractivity contribution in [3.8, 4) is 22.8 Å². The lowest BCUT2D eigenvalue weighted by Gasteiger charge is -2.06. The van der Waals surface area contributed by atoms with Crippen LogP contribution >= 0.6 is 11.8 Å². The zero-order valence-corrected chi connectivity index (χ0v) is 17.0. The molecule has 0 saturated carbocycles. The van der Waals surface area contributed by atoms with E-state index in [2.05, 4.69) is 70.9 Å². The van der Waals surface area contributed by atoms with Gasteiger partial charge in [0, 0.05) is 23.4 Å². The number of aromatic nitrogens is 4. The van der Waals surface area contributed by atoms with Crippen molar-refractivity contribution in [3.63, 3.8) is 0 Å². The summed E-state index contributed by atoms with van der Waals surface area (Å²) in [6.07, 6.45) is 1.73. The van der Waals surface area contributed by atoms with Gasteiger partial charge >= 0.3 is 0 Å². The number of aryl methyl sites for hydroxylation is 2. The number of hydrogen-bond donors (Lipinski definition) is 0. The van der Waals surface area contributed by atoms with Gasteiger partial charge in [-0.05, 0) is 32.4 Å². The van der Waals surface area contributed by atoms with Crippen molar-refractivity contribution in [1.82, 2.24) is 19.7 Å². The Kier molecular flexibility index (Phi) is 5.30. The number of nitrogens with zero attached hydrogens (tertiary/aromatic N) is 4. The summed E-state index contributed by atoms with van der Waals surface area (Å²) < 4.78 is 7.85. The van der Waals surface area contributed by atoms with Crippen LogP contribution in [0.3, 0.4) is 0 Å². The van der Waals surface area contributed by atoms with Gasteiger partial charge in [-0.25, -0.2) is 4.98 Å². The SMILES string of the molecule is CCn1c(SCc2coc(-c3ccc(C)cc3C)n2)nnc1-c1ccccc1. The molecule has 0 aliphatic rings. The first-order valence-electron chi connectivity index (χ1n) is 9.29. The molecule has 0 fully saturated rings. The Morgan fingerprint density at radius 3 is 2.61 bits per heavy atom. The first-order valence-corrected chi connectivity index (χ1v) is 10.3. The molecule has 0 aliphatic carbocycles. The minimum atomic E-state index is 0.662. The van der Waals surface area contributed by atoms with Gasteiger partial charge in [0.2, 0.25) is 5.89 Å². The molecule has 6 heteroatoms. The Labute approximate surface area is 168 Å². The van der Waals surface area contributed by atoms with Gasteiger partial charge in [-0.1, -0.05) is 59.8 Å². The molecule has 2 heterocycles. The van der Waals surface area contributed by atoms with Gasteiger partial charge < -0.3 is 8.98 Å². The van der Waals surface area contributed by atoms with E-state index < -0.39 is 0 Å². The summed E-state index contributed by atoms with van der Waals surface area (Å²) in [6, 6.07) is 16.4. The molecule has 142 valence electrons. The van der Waals surface area contributed by atoms with E-state index in [1.165, 1.54) is 11.1 Å². The normalized spacial score (nSPS) is 11.1. The highest BCUT2D eigenvalue weighted by Crippen LogP contribution is 2.28. The van der Waals surface area contributed by atoms with Crippen LogP contribution in [-0.2, 0) is 12.3 Å². The van der Waals surface area contributed by atoms with E-state index in [0.29, 0.717) is 11.6 Å². The largest absolute Gasteiger partial charge is 0.444 e. The van der Waals surface area contributed by atoms with E-state index in [1.54, 1.807) is 18.0 Å². The summed E-state index contributed by atoms with van der Waals surface area (Å²) in [5.74, 6) is 2.23. The average Bonchev–Trinajstić information content (AvgIpc) is 3.33. The summed E-state index contributed by atoms with van der Waals surface area (Å²) in [7, 11) is 0. The molecule has 0 atom stereocenters. The van der Waals surface area contributed by atoms with Crippen molar-refractivity contribution in [3.05, 3.63) is 71.6 Å². The molecule has 2 aromatic carbocycles. The number of benzene rings is 2. The summed E-state index contributed by atoms with van der Waals surface area (Å²) >= 11 is 1.62. The average molecular weight is 391 g/mol. The van der Waals surface area contributed by atoms with Crippen LogP contribution in [0.5, 0.6) is 0 Å². The number of oxazole rings is 1. The molecule has 0 N–H and O–H groups in total. The molecular weight excluding hydrogens is 368 g/mol. The minimum Gasteiger partial charge on any atom is -0.444 e. The molecule has 4 aromatic rings. The molecule has 0 unspecified atom stereocenters. The van der Waals surface area contributed by atoms with Crippen LogP contribution in [0.25, 0.3) is 22.8 Å². The maximum Gasteiger partial charge on any atom is 0.226 e. The van der Waals surface area contributed by atoms with Crippen LogP contribution in [-0.4, -0.2) is 19.7 Å². The second-order valence-electron chi connectivity index (χ2n) is 6.67. The van der Waals surface area contributed by atoms with E-state index >= 15 is 0 Å². The Hall–Kier alpha value is -2.86. The Bertz CT molecular complexity index is 1090. The monoisotopic (exact) mass is 390 g/mol. The van der Waals surface area contributed by atoms with Crippen LogP contribution < -0.4 is 0 Å². The summed E-state index contributed by atoms with van der Waals surface area (Å²) in [4.78, 5) is 4.66. The standard InChI is InChI=1S/C22H22N4OS/c1-4-26-20(17-8-6-5-7-9-17)24-25-22(26)28-14-18-13-27-21(23-18)19-11-10-15(2)12-16(19)3/h5-13H,4,14H2,1-3H3. The Balaban J connectivity index is 1.51. The van der Waals surface area contributed by atoms with Crippen molar-refractivity contribution in [1.29, 1.82) is 0 Å². The van der Waals surface area contributed by atoms with Crippen LogP contribution in [0.4, 0.5) is 0 Å². The maximum atomic E-state index is 5.72. The highest BCUT2D eigenvalue weighted by atomic mass is 32.2. The first kappa shape index (κ1) is 18.5. The van der Waals surface area contributed by atoms with Crippen LogP contribution in [0.1, 0.15) is 23.7 Å². The van der Waals surface area contributed by atoms with Crippen LogP contribution in [0, 0.1) is 13.8 Å². The van der Waals surface area contributed by atoms with Gasteiger partial charge in [-0.2, -0.15) is 0 Å². The Morgan fingerprint density at radius 1 is 1.04 bits per heavy atom. The molecule has 0 saturated heterocycles. The van der Waals surface area contributed by atoms with E-state index in [-0.39, 0.29) is 0 Å². The fourth-order valence-corrected chi connectivity index (χ4v) is 4.05. The minimum absolute atomic E-state index is 0.662. The topological polar surface area (TPSA) is 56.7 Å². The number of rotatable bonds is 6. The van der Waals surface area contributed by atoms with Crippen molar-refractivity contribution >= 4 is 11.8 Å². The molecule has 0 bridgehead atoms. The maximum absolute atomic E-state index is 5.72. The van der Waals surface area contributed by atoms with Crippen LogP contribution in [0.2, 0.25) is 0 Å². The van der Waals surface area contributed by atoms with E-state index in [1.807, 2.05) is 18.2 Å². The molecule has 0 radical (unpaired) electrons. The molecule has 0 amide bonds. The third kappa shape index (κ3) is 3.73. The summed E-state index contributed by atoms with van der Waals surface area (Å²) in [5, 5.41) is 9.66. The third-order valence-corrected chi connectivity index (χ3v) is 5.58. The van der Waals surface area contributed by atoms with Gasteiger partial charge in [0.15, 0.2) is 11.0 Å². The van der Waals surface area contributed by atoms with Gasteiger partial charge in [-0.3, -0.25) is 0 Å². The summed E-state index contributed by atoms with van der Waals surface area (Å²) in [6.45, 7) is 7.08. The fourth-order valence-electron chi connectivity index (χ4n) is 3.17. The number of hydrogen-bond acceptors (Lipinski definition) is 5. The van der Waals surface area contributed by atoms with Crippen LogP contribution in [0.15, 0.2) is 64.4 Å². The lowest BCUT2D eigenvalue weighted by atomic mass is 10.1. The quantitative estimate of drug-likeness (QED) is 0.405. The molecule has 5 nitrogen and oxygen atoms in total. The van der Waals surface area contributed by atoms with Crippen molar-refractivity contribution in [2.24, 2.45) is 0 Å². The van der Waals surface area contributed by atoms with E-state index in [0.717, 1.165) is 34.3 Å². The molecule has 4 rings (SSSR count). The first-order chi connectivity index (χ1) is 13.7. The highest BCUT2D eigenvalue weighted by Gasteiger charge is 2.15. The second-order valence-corrected chi connectivity index (χ2v) is 7.61. The zero-order chi connectivity index (χ0) is 19.5. The highest BCUT2D eigenvalue weighted by molar-refractivity contribution is 7.98. The fraction of sp³-hybridized carbons (Fsp3) is 0.227. The smallest absolute Gasteiger partial charge is 0.226 e. The van der Waals surface area contributed by atoms with Gasteiger partial charge in [0.1, 0.15) is 6.26 Å². The third-order valence-electron chi connectivity index (χ3n) is 4.58. The van der Waals surface area contributed by atoms with Crippen molar-refractivity contribution < 1.29 is 4.42 Å². The molecule has 0 aliphatic heterocycles. The van der Waals surface area contributed by atoms with E-state index in [4.69, 9.17) is 4.42 Å². The lowest BCUT2D eigenvalue weighted by molar-refractivity contribution is 0.573. The predicted molar refractivity (Wildman–Crippen MR) is 112 cm³/mol. The molecular formula is C22H22N4OS. The molecule has 2 aromatic heterocycles. The van der Waals surface area contributed by atoms with Gasteiger partial charge in [-0.15, -0.1) is 10.2 Å². The van der Waals surface area contributed by atoms with Gasteiger partial charge in [0.05, 0.1) is 5.69 Å². The van der Waals surface area contributed by atoms with Crippen molar-refractivity contribution in [2.45, 2.75) is 38.2 Å². The molecule has 28 heavy (non-hydrogen) atoms. The van der Waals surface area contributed by atoms with E-state index in [9.17, 15) is 0 Å². The molecule has 0 spiro atoms. The number of thioether (sulfide) groups is 1.